The van der Waals surface area contributed by atoms with Gasteiger partial charge in [-0.15, -0.1) is 0 Å². The molecule has 2 aromatic heterocycles. The lowest BCUT2D eigenvalue weighted by Crippen LogP contribution is -1.81. The second kappa shape index (κ2) is 7.55. The van der Waals surface area contributed by atoms with Crippen LogP contribution in [-0.2, 0) is 0 Å². The minimum atomic E-state index is 0. The molecule has 0 aromatic carbocycles. The van der Waals surface area contributed by atoms with Crippen molar-refractivity contribution in [2.75, 3.05) is 0 Å². The Balaban J connectivity index is 0.000000284. The second-order valence-electron chi connectivity index (χ2n) is 3.96. The van der Waals surface area contributed by atoms with Crippen LogP contribution in [0.4, 0.5) is 0 Å². The molecular formula is C15H22N2. The first-order valence-corrected chi connectivity index (χ1v) is 5.36. The van der Waals surface area contributed by atoms with Crippen LogP contribution in [0, 0.1) is 27.7 Å². The Morgan fingerprint density at radius 2 is 1.29 bits per heavy atom. The molecule has 2 nitrogen and oxygen atoms in total. The van der Waals surface area contributed by atoms with E-state index in [1.165, 1.54) is 11.1 Å². The maximum atomic E-state index is 4.17. The van der Waals surface area contributed by atoms with Crippen LogP contribution in [0.25, 0.3) is 0 Å². The van der Waals surface area contributed by atoms with E-state index in [0.717, 1.165) is 11.4 Å². The minimum absolute atomic E-state index is 0. The standard InChI is InChI=1S/2C7H9N.CH4/c1-6-3-7(2)5-8-4-6;1-6-4-3-5-7(2)8-6;/h2*3-5H,1-2H3;1H4. The molecule has 0 aliphatic rings. The molecule has 0 unspecified atom stereocenters. The van der Waals surface area contributed by atoms with Crippen molar-refractivity contribution < 1.29 is 0 Å². The van der Waals surface area contributed by atoms with Crippen LogP contribution in [0.5, 0.6) is 0 Å². The molecule has 0 fully saturated rings. The molecule has 2 aromatic rings. The molecule has 2 heterocycles. The van der Waals surface area contributed by atoms with Gasteiger partial charge in [0.2, 0.25) is 0 Å². The molecular weight excluding hydrogens is 208 g/mol. The Bertz CT molecular complexity index is 372. The molecule has 0 radical (unpaired) electrons. The van der Waals surface area contributed by atoms with E-state index >= 15 is 0 Å². The van der Waals surface area contributed by atoms with Gasteiger partial charge < -0.3 is 0 Å². The number of rotatable bonds is 0. The minimum Gasteiger partial charge on any atom is -0.264 e. The number of hydrogen-bond donors (Lipinski definition) is 0. The van der Waals surface area contributed by atoms with E-state index in [1.54, 1.807) is 0 Å². The summed E-state index contributed by atoms with van der Waals surface area (Å²) >= 11 is 0. The third-order valence-electron chi connectivity index (χ3n) is 2.04. The van der Waals surface area contributed by atoms with Crippen LogP contribution in [0.2, 0.25) is 0 Å². The summed E-state index contributed by atoms with van der Waals surface area (Å²) in [5.41, 5.74) is 4.63. The Hall–Kier alpha value is -1.70. The predicted molar refractivity (Wildman–Crippen MR) is 74.2 cm³/mol. The predicted octanol–water partition coefficient (Wildman–Crippen LogP) is 4.03. The van der Waals surface area contributed by atoms with Crippen LogP contribution in [0.3, 0.4) is 0 Å². The van der Waals surface area contributed by atoms with Crippen molar-refractivity contribution >= 4 is 0 Å². The zero-order chi connectivity index (χ0) is 12.0. The van der Waals surface area contributed by atoms with Crippen LogP contribution < -0.4 is 0 Å². The molecule has 2 rings (SSSR count). The summed E-state index contributed by atoms with van der Waals surface area (Å²) in [5.74, 6) is 0. The lowest BCUT2D eigenvalue weighted by molar-refractivity contribution is 1.12. The average Bonchev–Trinajstić information content (AvgIpc) is 2.17. The molecule has 0 saturated heterocycles. The van der Waals surface area contributed by atoms with Gasteiger partial charge in [0.25, 0.3) is 0 Å². The number of aromatic nitrogens is 2. The number of nitrogens with zero attached hydrogens (tertiary/aromatic N) is 2. The zero-order valence-electron chi connectivity index (χ0n) is 10.4. The Kier molecular flexibility index (Phi) is 6.80. The smallest absolute Gasteiger partial charge is 0.0375 e. The summed E-state index contributed by atoms with van der Waals surface area (Å²) in [6.07, 6.45) is 3.71. The van der Waals surface area contributed by atoms with Crippen LogP contribution in [0.1, 0.15) is 29.9 Å². The van der Waals surface area contributed by atoms with Gasteiger partial charge in [0, 0.05) is 23.8 Å². The fraction of sp³-hybridized carbons (Fsp3) is 0.333. The van der Waals surface area contributed by atoms with Crippen LogP contribution in [0.15, 0.2) is 36.7 Å². The average molecular weight is 230 g/mol. The fourth-order valence-corrected chi connectivity index (χ4v) is 1.39. The zero-order valence-corrected chi connectivity index (χ0v) is 10.4. The van der Waals surface area contributed by atoms with Gasteiger partial charge in [-0.1, -0.05) is 19.6 Å². The van der Waals surface area contributed by atoms with Crippen LogP contribution >= 0.6 is 0 Å². The molecule has 0 amide bonds. The molecule has 0 bridgehead atoms. The van der Waals surface area contributed by atoms with E-state index in [9.17, 15) is 0 Å². The van der Waals surface area contributed by atoms with Gasteiger partial charge >= 0.3 is 0 Å². The molecule has 0 aliphatic carbocycles. The third-order valence-corrected chi connectivity index (χ3v) is 2.04. The van der Waals surface area contributed by atoms with Crippen molar-refractivity contribution in [3.05, 3.63) is 59.2 Å². The molecule has 92 valence electrons. The maximum Gasteiger partial charge on any atom is 0.0375 e. The van der Waals surface area contributed by atoms with E-state index in [0.29, 0.717) is 0 Å². The van der Waals surface area contributed by atoms with Gasteiger partial charge in [-0.3, -0.25) is 9.97 Å². The van der Waals surface area contributed by atoms with Gasteiger partial charge in [-0.2, -0.15) is 0 Å². The first-order valence-electron chi connectivity index (χ1n) is 5.36. The lowest BCUT2D eigenvalue weighted by atomic mass is 10.2. The molecule has 0 N–H and O–H groups in total. The molecule has 0 atom stereocenters. The Labute approximate surface area is 105 Å². The highest BCUT2D eigenvalue weighted by molar-refractivity contribution is 5.14. The third kappa shape index (κ3) is 6.46. The van der Waals surface area contributed by atoms with Crippen molar-refractivity contribution in [1.29, 1.82) is 0 Å². The van der Waals surface area contributed by atoms with E-state index in [4.69, 9.17) is 0 Å². The summed E-state index contributed by atoms with van der Waals surface area (Å²) in [5, 5.41) is 0. The van der Waals surface area contributed by atoms with Gasteiger partial charge in [0.15, 0.2) is 0 Å². The quantitative estimate of drug-likeness (QED) is 0.682. The van der Waals surface area contributed by atoms with Gasteiger partial charge in [0.05, 0.1) is 0 Å². The first kappa shape index (κ1) is 15.3. The highest BCUT2D eigenvalue weighted by Crippen LogP contribution is 1.96. The van der Waals surface area contributed by atoms with E-state index in [-0.39, 0.29) is 7.43 Å². The second-order valence-corrected chi connectivity index (χ2v) is 3.96. The molecule has 17 heavy (non-hydrogen) atoms. The van der Waals surface area contributed by atoms with Gasteiger partial charge in [-0.05, 0) is 51.0 Å². The SMILES string of the molecule is C.Cc1cccc(C)n1.Cc1cncc(C)c1. The van der Waals surface area contributed by atoms with Gasteiger partial charge in [0.1, 0.15) is 0 Å². The number of hydrogen-bond acceptors (Lipinski definition) is 2. The van der Waals surface area contributed by atoms with E-state index in [1.807, 2.05) is 58.3 Å². The van der Waals surface area contributed by atoms with E-state index < -0.39 is 0 Å². The Morgan fingerprint density at radius 3 is 1.53 bits per heavy atom. The van der Waals surface area contributed by atoms with Crippen molar-refractivity contribution in [2.24, 2.45) is 0 Å². The normalized spacial score (nSPS) is 8.71. The number of aryl methyl sites for hydroxylation is 4. The van der Waals surface area contributed by atoms with Crippen molar-refractivity contribution in [2.45, 2.75) is 35.1 Å². The summed E-state index contributed by atoms with van der Waals surface area (Å²) in [4.78, 5) is 8.16. The fourth-order valence-electron chi connectivity index (χ4n) is 1.39. The van der Waals surface area contributed by atoms with Crippen LogP contribution in [-0.4, -0.2) is 9.97 Å². The maximum absolute atomic E-state index is 4.17. The van der Waals surface area contributed by atoms with Crippen molar-refractivity contribution in [1.82, 2.24) is 9.97 Å². The van der Waals surface area contributed by atoms with Gasteiger partial charge in [-0.25, -0.2) is 0 Å². The monoisotopic (exact) mass is 230 g/mol. The first-order chi connectivity index (χ1) is 7.58. The highest BCUT2D eigenvalue weighted by atomic mass is 14.7. The summed E-state index contributed by atoms with van der Waals surface area (Å²) in [7, 11) is 0. The molecule has 0 aliphatic heterocycles. The summed E-state index contributed by atoms with van der Waals surface area (Å²) in [6.45, 7) is 8.07. The highest BCUT2D eigenvalue weighted by Gasteiger charge is 1.82. The molecule has 2 heteroatoms. The molecule has 0 saturated carbocycles. The summed E-state index contributed by atoms with van der Waals surface area (Å²) in [6, 6.07) is 8.10. The Morgan fingerprint density at radius 1 is 0.824 bits per heavy atom. The van der Waals surface area contributed by atoms with E-state index in [2.05, 4.69) is 16.0 Å². The van der Waals surface area contributed by atoms with Crippen molar-refractivity contribution in [3.8, 4) is 0 Å². The number of pyridine rings is 2. The lowest BCUT2D eigenvalue weighted by Gasteiger charge is -1.90. The van der Waals surface area contributed by atoms with Crippen molar-refractivity contribution in [3.63, 3.8) is 0 Å². The largest absolute Gasteiger partial charge is 0.264 e. The molecule has 0 spiro atoms. The topological polar surface area (TPSA) is 25.8 Å². The summed E-state index contributed by atoms with van der Waals surface area (Å²) < 4.78 is 0.